The average molecular weight is 444 g/mol. The maximum absolute atomic E-state index is 12.4. The van der Waals surface area contributed by atoms with Crippen LogP contribution in [0.2, 0.25) is 0 Å². The summed E-state index contributed by atoms with van der Waals surface area (Å²) in [6.45, 7) is 2.72. The predicted molar refractivity (Wildman–Crippen MR) is 127 cm³/mol. The standard InChI is InChI=1S/C26H21NO4S/c1-3-13-27-25(28)24(32-26(27)29)16-18-10-12-22(23(15-18)30-4-2)31-17-19-9-11-20-7-5-6-8-21(20)14-19/h1,5-12,14-16H,4,13,17H2,2H3. The minimum Gasteiger partial charge on any atom is -0.490 e. The van der Waals surface area contributed by atoms with Crippen molar-refractivity contribution in [3.8, 4) is 23.8 Å². The zero-order chi connectivity index (χ0) is 22.5. The van der Waals surface area contributed by atoms with E-state index in [-0.39, 0.29) is 17.7 Å². The van der Waals surface area contributed by atoms with Crippen molar-refractivity contribution in [1.29, 1.82) is 0 Å². The van der Waals surface area contributed by atoms with Crippen molar-refractivity contribution in [3.63, 3.8) is 0 Å². The molecule has 0 N–H and O–H groups in total. The molecule has 5 nitrogen and oxygen atoms in total. The second kappa shape index (κ2) is 9.63. The molecular formula is C26H21NO4S. The number of ether oxygens (including phenoxy) is 2. The number of hydrogen-bond acceptors (Lipinski definition) is 5. The van der Waals surface area contributed by atoms with Crippen LogP contribution in [0.1, 0.15) is 18.1 Å². The van der Waals surface area contributed by atoms with Gasteiger partial charge < -0.3 is 9.47 Å². The Kier molecular flexibility index (Phi) is 6.48. The summed E-state index contributed by atoms with van der Waals surface area (Å²) < 4.78 is 11.8. The van der Waals surface area contributed by atoms with E-state index in [0.717, 1.165) is 33.2 Å². The molecule has 0 aliphatic carbocycles. The van der Waals surface area contributed by atoms with E-state index in [1.54, 1.807) is 12.1 Å². The van der Waals surface area contributed by atoms with E-state index in [2.05, 4.69) is 30.2 Å². The van der Waals surface area contributed by atoms with E-state index < -0.39 is 0 Å². The summed E-state index contributed by atoms with van der Waals surface area (Å²) in [4.78, 5) is 25.8. The molecule has 160 valence electrons. The first-order valence-corrected chi connectivity index (χ1v) is 11.0. The lowest BCUT2D eigenvalue weighted by molar-refractivity contribution is -0.122. The quantitative estimate of drug-likeness (QED) is 0.357. The lowest BCUT2D eigenvalue weighted by Crippen LogP contribution is -2.28. The number of rotatable bonds is 7. The second-order valence-corrected chi connectivity index (χ2v) is 8.07. The third kappa shape index (κ3) is 4.63. The Morgan fingerprint density at radius 3 is 2.59 bits per heavy atom. The Morgan fingerprint density at radius 1 is 1.00 bits per heavy atom. The molecule has 1 fully saturated rings. The molecule has 1 aliphatic heterocycles. The van der Waals surface area contributed by atoms with Crippen LogP contribution in [0.25, 0.3) is 16.8 Å². The van der Waals surface area contributed by atoms with Crippen LogP contribution in [-0.4, -0.2) is 29.2 Å². The molecule has 6 heteroatoms. The smallest absolute Gasteiger partial charge is 0.294 e. The topological polar surface area (TPSA) is 55.8 Å². The van der Waals surface area contributed by atoms with Gasteiger partial charge in [0.1, 0.15) is 6.61 Å². The first-order chi connectivity index (χ1) is 15.6. The maximum atomic E-state index is 12.4. The number of thioether (sulfide) groups is 1. The molecule has 0 aromatic heterocycles. The van der Waals surface area contributed by atoms with Crippen molar-refractivity contribution in [2.45, 2.75) is 13.5 Å². The summed E-state index contributed by atoms with van der Waals surface area (Å²) in [5.41, 5.74) is 1.79. The molecule has 4 rings (SSSR count). The van der Waals surface area contributed by atoms with Gasteiger partial charge in [-0.25, -0.2) is 0 Å². The van der Waals surface area contributed by atoms with Crippen molar-refractivity contribution in [3.05, 3.63) is 76.7 Å². The van der Waals surface area contributed by atoms with Crippen molar-refractivity contribution < 1.29 is 19.1 Å². The number of terminal acetylenes is 1. The lowest BCUT2D eigenvalue weighted by Gasteiger charge is -2.13. The summed E-state index contributed by atoms with van der Waals surface area (Å²) in [5, 5.41) is 1.98. The van der Waals surface area contributed by atoms with Gasteiger partial charge >= 0.3 is 0 Å². The third-order valence-corrected chi connectivity index (χ3v) is 5.80. The first kappa shape index (κ1) is 21.5. The third-order valence-electron chi connectivity index (χ3n) is 4.90. The molecular weight excluding hydrogens is 422 g/mol. The number of imide groups is 1. The number of amides is 2. The van der Waals surface area contributed by atoms with Gasteiger partial charge in [-0.1, -0.05) is 48.4 Å². The van der Waals surface area contributed by atoms with Gasteiger partial charge in [0.05, 0.1) is 18.1 Å². The van der Waals surface area contributed by atoms with E-state index in [4.69, 9.17) is 15.9 Å². The molecule has 0 spiro atoms. The Balaban J connectivity index is 1.53. The molecule has 0 radical (unpaired) electrons. The highest BCUT2D eigenvalue weighted by molar-refractivity contribution is 8.18. The summed E-state index contributed by atoms with van der Waals surface area (Å²) in [6.07, 6.45) is 6.91. The zero-order valence-corrected chi connectivity index (χ0v) is 18.4. The molecule has 0 atom stereocenters. The number of benzene rings is 3. The molecule has 0 bridgehead atoms. The normalized spacial score (nSPS) is 14.8. The highest BCUT2D eigenvalue weighted by Gasteiger charge is 2.34. The zero-order valence-electron chi connectivity index (χ0n) is 17.5. The Hall–Kier alpha value is -3.69. The largest absolute Gasteiger partial charge is 0.490 e. The minimum absolute atomic E-state index is 0.0340. The fourth-order valence-electron chi connectivity index (χ4n) is 3.37. The van der Waals surface area contributed by atoms with E-state index in [1.807, 2.05) is 37.3 Å². The highest BCUT2D eigenvalue weighted by Crippen LogP contribution is 2.35. The fraction of sp³-hybridized carbons (Fsp3) is 0.154. The van der Waals surface area contributed by atoms with Gasteiger partial charge in [-0.15, -0.1) is 6.42 Å². The SMILES string of the molecule is C#CCN1C(=O)SC(=Cc2ccc(OCc3ccc4ccccc4c3)c(OCC)c2)C1=O. The van der Waals surface area contributed by atoms with Crippen molar-refractivity contribution in [2.75, 3.05) is 13.2 Å². The predicted octanol–water partition coefficient (Wildman–Crippen LogP) is 5.49. The number of hydrogen-bond donors (Lipinski definition) is 0. The molecule has 2 amide bonds. The van der Waals surface area contributed by atoms with Gasteiger partial charge in [0.2, 0.25) is 0 Å². The van der Waals surface area contributed by atoms with Crippen molar-refractivity contribution >= 4 is 39.8 Å². The van der Waals surface area contributed by atoms with E-state index in [1.165, 1.54) is 5.39 Å². The molecule has 0 unspecified atom stereocenters. The highest BCUT2D eigenvalue weighted by atomic mass is 32.2. The van der Waals surface area contributed by atoms with Gasteiger partial charge in [-0.05, 0) is 64.9 Å². The fourth-order valence-corrected chi connectivity index (χ4v) is 4.21. The van der Waals surface area contributed by atoms with Crippen LogP contribution < -0.4 is 9.47 Å². The maximum Gasteiger partial charge on any atom is 0.294 e. The molecule has 1 heterocycles. The van der Waals surface area contributed by atoms with Crippen molar-refractivity contribution in [2.24, 2.45) is 0 Å². The summed E-state index contributed by atoms with van der Waals surface area (Å²) in [7, 11) is 0. The minimum atomic E-state index is -0.382. The second-order valence-electron chi connectivity index (χ2n) is 7.08. The number of carbonyl (C=O) groups is 2. The van der Waals surface area contributed by atoms with E-state index in [9.17, 15) is 9.59 Å². The van der Waals surface area contributed by atoms with Crippen LogP contribution in [0.5, 0.6) is 11.5 Å². The van der Waals surface area contributed by atoms with Crippen LogP contribution in [0.15, 0.2) is 65.6 Å². The number of fused-ring (bicyclic) bond motifs is 1. The first-order valence-electron chi connectivity index (χ1n) is 10.1. The summed E-state index contributed by atoms with van der Waals surface area (Å²) >= 11 is 0.879. The Bertz CT molecular complexity index is 1260. The molecule has 3 aromatic carbocycles. The lowest BCUT2D eigenvalue weighted by atomic mass is 10.1. The van der Waals surface area contributed by atoms with Gasteiger partial charge in [0.25, 0.3) is 11.1 Å². The Morgan fingerprint density at radius 2 is 1.81 bits per heavy atom. The van der Waals surface area contributed by atoms with Gasteiger partial charge in [-0.3, -0.25) is 14.5 Å². The Labute approximate surface area is 191 Å². The summed E-state index contributed by atoms with van der Waals surface area (Å²) in [6, 6.07) is 19.8. The van der Waals surface area contributed by atoms with Gasteiger partial charge in [0.15, 0.2) is 11.5 Å². The molecule has 1 aliphatic rings. The average Bonchev–Trinajstić information content (AvgIpc) is 3.06. The van der Waals surface area contributed by atoms with Gasteiger partial charge in [-0.2, -0.15) is 0 Å². The van der Waals surface area contributed by atoms with Crippen molar-refractivity contribution in [1.82, 2.24) is 4.90 Å². The van der Waals surface area contributed by atoms with E-state index >= 15 is 0 Å². The van der Waals surface area contributed by atoms with Crippen LogP contribution in [0.4, 0.5) is 4.79 Å². The van der Waals surface area contributed by atoms with Crippen LogP contribution in [0.3, 0.4) is 0 Å². The molecule has 1 saturated heterocycles. The summed E-state index contributed by atoms with van der Waals surface area (Å²) in [5.74, 6) is 3.13. The van der Waals surface area contributed by atoms with Crippen LogP contribution in [0, 0.1) is 12.3 Å². The molecule has 0 saturated carbocycles. The van der Waals surface area contributed by atoms with Crippen LogP contribution in [-0.2, 0) is 11.4 Å². The molecule has 3 aromatic rings. The number of carbonyl (C=O) groups excluding carboxylic acids is 2. The van der Waals surface area contributed by atoms with E-state index in [0.29, 0.717) is 29.6 Å². The van der Waals surface area contributed by atoms with Crippen LogP contribution >= 0.6 is 11.8 Å². The monoisotopic (exact) mass is 443 g/mol. The molecule has 32 heavy (non-hydrogen) atoms. The van der Waals surface area contributed by atoms with Gasteiger partial charge in [0, 0.05) is 0 Å². The number of nitrogens with zero attached hydrogens (tertiary/aromatic N) is 1.